The van der Waals surface area contributed by atoms with E-state index in [1.54, 1.807) is 12.1 Å². The molecule has 2 aromatic carbocycles. The molecule has 0 aliphatic carbocycles. The van der Waals surface area contributed by atoms with Crippen molar-refractivity contribution in [1.29, 1.82) is 0 Å². The highest BCUT2D eigenvalue weighted by atomic mass is 19.4. The number of nitrogens with one attached hydrogen (secondary N) is 2. The lowest BCUT2D eigenvalue weighted by atomic mass is 10.0. The van der Waals surface area contributed by atoms with E-state index in [0.29, 0.717) is 18.6 Å². The number of hydrogen-bond donors (Lipinski definition) is 2. The van der Waals surface area contributed by atoms with Gasteiger partial charge in [-0.3, -0.25) is 9.59 Å². The van der Waals surface area contributed by atoms with Crippen molar-refractivity contribution in [2.45, 2.75) is 19.0 Å². The van der Waals surface area contributed by atoms with Crippen molar-refractivity contribution >= 4 is 23.6 Å². The van der Waals surface area contributed by atoms with Gasteiger partial charge in [0.15, 0.2) is 0 Å². The van der Waals surface area contributed by atoms with Crippen LogP contribution in [0.25, 0.3) is 6.08 Å². The van der Waals surface area contributed by atoms with Gasteiger partial charge in [-0.1, -0.05) is 12.1 Å². The fraction of sp³-hybridized carbons (Fsp3) is 0.238. The molecule has 29 heavy (non-hydrogen) atoms. The van der Waals surface area contributed by atoms with E-state index in [1.807, 2.05) is 6.07 Å². The Labute approximate surface area is 165 Å². The molecular weight excluding hydrogens is 385 g/mol. The Balaban J connectivity index is 1.45. The minimum atomic E-state index is -4.42. The van der Waals surface area contributed by atoms with Gasteiger partial charge in [0.25, 0.3) is 0 Å². The number of fused-ring (bicyclic) bond motifs is 1. The summed E-state index contributed by atoms with van der Waals surface area (Å²) in [5, 5.41) is 5.39. The largest absolute Gasteiger partial charge is 0.492 e. The molecule has 1 aliphatic rings. The summed E-state index contributed by atoms with van der Waals surface area (Å²) in [5.41, 5.74) is 1.29. The van der Waals surface area contributed by atoms with Gasteiger partial charge in [-0.25, -0.2) is 0 Å². The molecule has 2 amide bonds. The number of alkyl halides is 3. The quantitative estimate of drug-likeness (QED) is 0.569. The Bertz CT molecular complexity index is 939. The predicted molar refractivity (Wildman–Crippen MR) is 102 cm³/mol. The van der Waals surface area contributed by atoms with E-state index in [9.17, 15) is 22.8 Å². The van der Waals surface area contributed by atoms with Crippen LogP contribution in [0.1, 0.15) is 23.1 Å². The van der Waals surface area contributed by atoms with Gasteiger partial charge in [-0.15, -0.1) is 0 Å². The number of rotatable bonds is 6. The lowest BCUT2D eigenvalue weighted by molar-refractivity contribution is -0.137. The van der Waals surface area contributed by atoms with Crippen LogP contribution in [0, 0.1) is 0 Å². The first-order chi connectivity index (χ1) is 13.8. The maximum atomic E-state index is 12.7. The Morgan fingerprint density at radius 3 is 2.79 bits per heavy atom. The number of amides is 2. The third-order valence-corrected chi connectivity index (χ3v) is 4.28. The van der Waals surface area contributed by atoms with Gasteiger partial charge in [-0.05, 0) is 54.0 Å². The van der Waals surface area contributed by atoms with Crippen molar-refractivity contribution < 1.29 is 27.5 Å². The molecule has 0 radical (unpaired) electrons. The van der Waals surface area contributed by atoms with Crippen LogP contribution in [0.4, 0.5) is 18.9 Å². The molecule has 2 aromatic rings. The molecular formula is C21H19F3N2O3. The van der Waals surface area contributed by atoms with Crippen LogP contribution in [0.3, 0.4) is 0 Å². The summed E-state index contributed by atoms with van der Waals surface area (Å²) in [4.78, 5) is 23.2. The average Bonchev–Trinajstić information content (AvgIpc) is 2.69. The molecule has 1 heterocycles. The summed E-state index contributed by atoms with van der Waals surface area (Å²) < 4.78 is 43.6. The molecule has 1 aliphatic heterocycles. The second kappa shape index (κ2) is 8.81. The Kier molecular flexibility index (Phi) is 6.21. The van der Waals surface area contributed by atoms with Crippen molar-refractivity contribution in [3.05, 3.63) is 65.2 Å². The van der Waals surface area contributed by atoms with E-state index in [1.165, 1.54) is 24.3 Å². The Morgan fingerprint density at radius 2 is 2.00 bits per heavy atom. The maximum Gasteiger partial charge on any atom is 0.416 e. The van der Waals surface area contributed by atoms with Crippen LogP contribution >= 0.6 is 0 Å². The molecule has 0 spiro atoms. The second-order valence-corrected chi connectivity index (χ2v) is 6.46. The van der Waals surface area contributed by atoms with Crippen LogP contribution < -0.4 is 15.4 Å². The van der Waals surface area contributed by atoms with Gasteiger partial charge >= 0.3 is 6.18 Å². The van der Waals surface area contributed by atoms with Crippen molar-refractivity contribution in [2.24, 2.45) is 0 Å². The summed E-state index contributed by atoms with van der Waals surface area (Å²) in [5.74, 6) is 0.194. The zero-order valence-electron chi connectivity index (χ0n) is 15.4. The van der Waals surface area contributed by atoms with E-state index >= 15 is 0 Å². The Hall–Kier alpha value is -3.29. The van der Waals surface area contributed by atoms with Crippen molar-refractivity contribution in [3.63, 3.8) is 0 Å². The zero-order valence-corrected chi connectivity index (χ0v) is 15.4. The first-order valence-corrected chi connectivity index (χ1v) is 9.00. The van der Waals surface area contributed by atoms with Gasteiger partial charge in [-0.2, -0.15) is 13.2 Å². The summed E-state index contributed by atoms with van der Waals surface area (Å²) in [7, 11) is 0. The highest BCUT2D eigenvalue weighted by molar-refractivity contribution is 5.94. The molecule has 0 atom stereocenters. The second-order valence-electron chi connectivity index (χ2n) is 6.46. The minimum absolute atomic E-state index is 0.00734. The number of hydrogen-bond acceptors (Lipinski definition) is 3. The van der Waals surface area contributed by atoms with E-state index in [4.69, 9.17) is 4.74 Å². The van der Waals surface area contributed by atoms with Gasteiger partial charge < -0.3 is 15.4 Å². The van der Waals surface area contributed by atoms with Gasteiger partial charge in [0, 0.05) is 18.2 Å². The number of aryl methyl sites for hydroxylation is 1. The summed E-state index contributed by atoms with van der Waals surface area (Å²) in [6, 6.07) is 10.1. The van der Waals surface area contributed by atoms with Gasteiger partial charge in [0.2, 0.25) is 11.8 Å². The first-order valence-electron chi connectivity index (χ1n) is 9.00. The lowest BCUT2D eigenvalue weighted by Gasteiger charge is -2.17. The third kappa shape index (κ3) is 5.84. The minimum Gasteiger partial charge on any atom is -0.492 e. The summed E-state index contributed by atoms with van der Waals surface area (Å²) in [6.45, 7) is 0.466. The van der Waals surface area contributed by atoms with Crippen LogP contribution in [-0.2, 0) is 22.2 Å². The first kappa shape index (κ1) is 20.4. The van der Waals surface area contributed by atoms with Crippen LogP contribution in [0.2, 0.25) is 0 Å². The SMILES string of the molecule is O=C(/C=C/c1cccc(C(F)(F)F)c1)NCCOc1ccc2c(c1)CCC(=O)N2. The van der Waals surface area contributed by atoms with E-state index in [2.05, 4.69) is 10.6 Å². The van der Waals surface area contributed by atoms with Gasteiger partial charge in [0.05, 0.1) is 12.1 Å². The molecule has 3 rings (SSSR count). The van der Waals surface area contributed by atoms with Crippen LogP contribution in [-0.4, -0.2) is 25.0 Å². The number of anilines is 1. The van der Waals surface area contributed by atoms with E-state index < -0.39 is 17.6 Å². The topological polar surface area (TPSA) is 67.4 Å². The monoisotopic (exact) mass is 404 g/mol. The zero-order chi connectivity index (χ0) is 20.9. The summed E-state index contributed by atoms with van der Waals surface area (Å²) >= 11 is 0. The highest BCUT2D eigenvalue weighted by Crippen LogP contribution is 2.29. The molecule has 0 bridgehead atoms. The molecule has 152 valence electrons. The van der Waals surface area contributed by atoms with Crippen molar-refractivity contribution in [3.8, 4) is 5.75 Å². The number of ether oxygens (including phenoxy) is 1. The molecule has 0 aromatic heterocycles. The number of halogens is 3. The smallest absolute Gasteiger partial charge is 0.416 e. The average molecular weight is 404 g/mol. The molecule has 0 unspecified atom stereocenters. The van der Waals surface area contributed by atoms with Crippen molar-refractivity contribution in [2.75, 3.05) is 18.5 Å². The van der Waals surface area contributed by atoms with Crippen molar-refractivity contribution in [1.82, 2.24) is 5.32 Å². The van der Waals surface area contributed by atoms with Gasteiger partial charge in [0.1, 0.15) is 12.4 Å². The molecule has 0 saturated carbocycles. The van der Waals surface area contributed by atoms with E-state index in [-0.39, 0.29) is 24.6 Å². The molecule has 0 fully saturated rings. The normalized spacial score (nSPS) is 13.7. The number of carbonyl (C=O) groups is 2. The fourth-order valence-corrected chi connectivity index (χ4v) is 2.84. The lowest BCUT2D eigenvalue weighted by Crippen LogP contribution is -2.26. The maximum absolute atomic E-state index is 12.7. The highest BCUT2D eigenvalue weighted by Gasteiger charge is 2.30. The standard InChI is InChI=1S/C21H19F3N2O3/c22-21(23,24)16-3-1-2-14(12-16)4-8-19(27)25-10-11-29-17-6-7-18-15(13-17)5-9-20(28)26-18/h1-4,6-8,12-13H,5,9-11H2,(H,25,27)(H,26,28)/b8-4+. The third-order valence-electron chi connectivity index (χ3n) is 4.28. The molecule has 8 heteroatoms. The summed E-state index contributed by atoms with van der Waals surface area (Å²) in [6.07, 6.45) is -0.841. The molecule has 5 nitrogen and oxygen atoms in total. The van der Waals surface area contributed by atoms with Crippen LogP contribution in [0.15, 0.2) is 48.5 Å². The Morgan fingerprint density at radius 1 is 1.17 bits per heavy atom. The molecule has 2 N–H and O–H groups in total. The fourth-order valence-electron chi connectivity index (χ4n) is 2.84. The predicted octanol–water partition coefficient (Wildman–Crippen LogP) is 3.80. The van der Waals surface area contributed by atoms with E-state index in [0.717, 1.165) is 23.4 Å². The molecule has 0 saturated heterocycles. The number of carbonyl (C=O) groups excluding carboxylic acids is 2. The van der Waals surface area contributed by atoms with Crippen LogP contribution in [0.5, 0.6) is 5.75 Å². The number of benzene rings is 2.